The molecule has 1 aromatic heterocycles. The van der Waals surface area contributed by atoms with Gasteiger partial charge in [0.2, 0.25) is 0 Å². The molecule has 1 fully saturated rings. The van der Waals surface area contributed by atoms with Crippen molar-refractivity contribution in [1.82, 2.24) is 9.88 Å². The molecule has 6 heteroatoms. The molecule has 0 atom stereocenters. The fourth-order valence-corrected chi connectivity index (χ4v) is 3.31. The Bertz CT molecular complexity index is 738. The lowest BCUT2D eigenvalue weighted by atomic mass is 10.2. The summed E-state index contributed by atoms with van der Waals surface area (Å²) in [4.78, 5) is 23.3. The van der Waals surface area contributed by atoms with Crippen LogP contribution in [0.15, 0.2) is 42.7 Å². The number of rotatable bonds is 5. The highest BCUT2D eigenvalue weighted by Crippen LogP contribution is 2.19. The van der Waals surface area contributed by atoms with Crippen molar-refractivity contribution in [2.75, 3.05) is 49.1 Å². The fourth-order valence-electron chi connectivity index (χ4n) is 3.31. The molecule has 1 aliphatic rings. The molecule has 1 aromatic carbocycles. The number of amides is 1. The van der Waals surface area contributed by atoms with Crippen LogP contribution >= 0.6 is 0 Å². The largest absolute Gasteiger partial charge is 0.371 e. The molecule has 2 heterocycles. The molecule has 26 heavy (non-hydrogen) atoms. The van der Waals surface area contributed by atoms with Gasteiger partial charge in [0.15, 0.2) is 0 Å². The molecule has 0 spiro atoms. The molecule has 0 bridgehead atoms. The third-order valence-electron chi connectivity index (χ3n) is 4.86. The number of carbonyl (C=O) groups is 1. The topological polar surface area (TPSA) is 39.7 Å². The standard InChI is InChI=1S/C20H25FN4O/c1-3-23(4-2)19-13-16(14-22-15-19)20(26)25-11-9-24(10-12-25)18-7-5-17(21)6-8-18/h5-8,13-15H,3-4,9-12H2,1-2H3. The van der Waals surface area contributed by atoms with Gasteiger partial charge < -0.3 is 14.7 Å². The minimum Gasteiger partial charge on any atom is -0.371 e. The van der Waals surface area contributed by atoms with Crippen LogP contribution in [0.2, 0.25) is 0 Å². The number of piperazine rings is 1. The number of anilines is 2. The molecular formula is C20H25FN4O. The van der Waals surface area contributed by atoms with Gasteiger partial charge in [0, 0.05) is 51.2 Å². The zero-order valence-corrected chi connectivity index (χ0v) is 15.4. The Labute approximate surface area is 154 Å². The minimum absolute atomic E-state index is 0.0188. The average Bonchev–Trinajstić information content (AvgIpc) is 2.69. The van der Waals surface area contributed by atoms with Gasteiger partial charge >= 0.3 is 0 Å². The Morgan fingerprint density at radius 2 is 1.73 bits per heavy atom. The zero-order valence-electron chi connectivity index (χ0n) is 15.4. The smallest absolute Gasteiger partial charge is 0.255 e. The van der Waals surface area contributed by atoms with Crippen molar-refractivity contribution in [3.63, 3.8) is 0 Å². The van der Waals surface area contributed by atoms with Crippen LogP contribution in [0.3, 0.4) is 0 Å². The van der Waals surface area contributed by atoms with Gasteiger partial charge in [-0.3, -0.25) is 9.78 Å². The van der Waals surface area contributed by atoms with Gasteiger partial charge in [-0.1, -0.05) is 0 Å². The van der Waals surface area contributed by atoms with E-state index in [2.05, 4.69) is 28.6 Å². The number of hydrogen-bond donors (Lipinski definition) is 0. The van der Waals surface area contributed by atoms with Crippen molar-refractivity contribution in [2.24, 2.45) is 0 Å². The summed E-state index contributed by atoms with van der Waals surface area (Å²) in [5.41, 5.74) is 2.60. The van der Waals surface area contributed by atoms with Crippen molar-refractivity contribution < 1.29 is 9.18 Å². The molecule has 0 saturated carbocycles. The van der Waals surface area contributed by atoms with E-state index in [-0.39, 0.29) is 11.7 Å². The maximum atomic E-state index is 13.1. The van der Waals surface area contributed by atoms with Gasteiger partial charge in [0.05, 0.1) is 17.4 Å². The number of nitrogens with zero attached hydrogens (tertiary/aromatic N) is 4. The van der Waals surface area contributed by atoms with E-state index >= 15 is 0 Å². The monoisotopic (exact) mass is 356 g/mol. The first-order chi connectivity index (χ1) is 12.6. The predicted molar refractivity (Wildman–Crippen MR) is 102 cm³/mol. The molecule has 1 saturated heterocycles. The number of aromatic nitrogens is 1. The van der Waals surface area contributed by atoms with Crippen LogP contribution in [0.4, 0.5) is 15.8 Å². The van der Waals surface area contributed by atoms with Gasteiger partial charge in [-0.2, -0.15) is 0 Å². The van der Waals surface area contributed by atoms with Crippen LogP contribution in [-0.2, 0) is 0 Å². The van der Waals surface area contributed by atoms with E-state index in [0.717, 1.165) is 37.6 Å². The summed E-state index contributed by atoms with van der Waals surface area (Å²) in [5, 5.41) is 0. The molecule has 0 radical (unpaired) electrons. The van der Waals surface area contributed by atoms with Crippen LogP contribution < -0.4 is 9.80 Å². The summed E-state index contributed by atoms with van der Waals surface area (Å²) in [5.74, 6) is -0.214. The Morgan fingerprint density at radius 3 is 2.35 bits per heavy atom. The van der Waals surface area contributed by atoms with E-state index in [1.54, 1.807) is 24.5 Å². The fraction of sp³-hybridized carbons (Fsp3) is 0.400. The minimum atomic E-state index is -0.233. The van der Waals surface area contributed by atoms with Crippen LogP contribution in [0, 0.1) is 5.82 Å². The highest BCUT2D eigenvalue weighted by Gasteiger charge is 2.23. The number of benzene rings is 1. The maximum absolute atomic E-state index is 13.1. The van der Waals surface area contributed by atoms with E-state index in [1.807, 2.05) is 11.0 Å². The molecule has 3 rings (SSSR count). The summed E-state index contributed by atoms with van der Waals surface area (Å²) in [7, 11) is 0. The van der Waals surface area contributed by atoms with E-state index < -0.39 is 0 Å². The molecule has 1 amide bonds. The van der Waals surface area contributed by atoms with Crippen molar-refractivity contribution in [3.05, 3.63) is 54.1 Å². The van der Waals surface area contributed by atoms with E-state index in [1.165, 1.54) is 12.1 Å². The SMILES string of the molecule is CCN(CC)c1cncc(C(=O)N2CCN(c3ccc(F)cc3)CC2)c1. The molecule has 2 aromatic rings. The van der Waals surface area contributed by atoms with Crippen molar-refractivity contribution in [1.29, 1.82) is 0 Å². The summed E-state index contributed by atoms with van der Waals surface area (Å²) in [6.07, 6.45) is 3.44. The van der Waals surface area contributed by atoms with Gasteiger partial charge in [-0.25, -0.2) is 4.39 Å². The van der Waals surface area contributed by atoms with Crippen LogP contribution in [0.25, 0.3) is 0 Å². The first-order valence-corrected chi connectivity index (χ1v) is 9.12. The third kappa shape index (κ3) is 3.95. The second-order valence-electron chi connectivity index (χ2n) is 6.36. The van der Waals surface area contributed by atoms with Gasteiger partial charge in [-0.05, 0) is 44.2 Å². The lowest BCUT2D eigenvalue weighted by Gasteiger charge is -2.36. The van der Waals surface area contributed by atoms with E-state index in [4.69, 9.17) is 0 Å². The molecule has 0 unspecified atom stereocenters. The normalized spacial score (nSPS) is 14.4. The first-order valence-electron chi connectivity index (χ1n) is 9.12. The van der Waals surface area contributed by atoms with Gasteiger partial charge in [0.25, 0.3) is 5.91 Å². The average molecular weight is 356 g/mol. The zero-order chi connectivity index (χ0) is 18.5. The lowest BCUT2D eigenvalue weighted by molar-refractivity contribution is 0.0746. The second kappa shape index (κ2) is 8.17. The maximum Gasteiger partial charge on any atom is 0.255 e. The molecule has 5 nitrogen and oxygen atoms in total. The van der Waals surface area contributed by atoms with E-state index in [0.29, 0.717) is 18.7 Å². The van der Waals surface area contributed by atoms with Crippen molar-refractivity contribution >= 4 is 17.3 Å². The van der Waals surface area contributed by atoms with Crippen LogP contribution in [0.5, 0.6) is 0 Å². The van der Waals surface area contributed by atoms with Gasteiger partial charge in [-0.15, -0.1) is 0 Å². The third-order valence-corrected chi connectivity index (χ3v) is 4.86. The second-order valence-corrected chi connectivity index (χ2v) is 6.36. The summed E-state index contributed by atoms with van der Waals surface area (Å²) >= 11 is 0. The molecule has 0 aliphatic carbocycles. The highest BCUT2D eigenvalue weighted by molar-refractivity contribution is 5.95. The van der Waals surface area contributed by atoms with E-state index in [9.17, 15) is 9.18 Å². The molecule has 1 aliphatic heterocycles. The number of carbonyl (C=O) groups excluding carboxylic acids is 1. The predicted octanol–water partition coefficient (Wildman–Crippen LogP) is 3.03. The summed E-state index contributed by atoms with van der Waals surface area (Å²) in [6.45, 7) is 8.70. The first kappa shape index (κ1) is 18.2. The molecule has 0 N–H and O–H groups in total. The van der Waals surface area contributed by atoms with Crippen molar-refractivity contribution in [2.45, 2.75) is 13.8 Å². The Morgan fingerprint density at radius 1 is 1.08 bits per heavy atom. The summed E-state index contributed by atoms with van der Waals surface area (Å²) < 4.78 is 13.1. The number of pyridine rings is 1. The molecule has 138 valence electrons. The van der Waals surface area contributed by atoms with Gasteiger partial charge in [0.1, 0.15) is 5.82 Å². The Balaban J connectivity index is 1.65. The van der Waals surface area contributed by atoms with Crippen LogP contribution in [0.1, 0.15) is 24.2 Å². The molecular weight excluding hydrogens is 331 g/mol. The summed E-state index contributed by atoms with van der Waals surface area (Å²) in [6, 6.07) is 8.43. The van der Waals surface area contributed by atoms with Crippen molar-refractivity contribution in [3.8, 4) is 0 Å². The Kier molecular flexibility index (Phi) is 5.71. The number of hydrogen-bond acceptors (Lipinski definition) is 4. The number of halogens is 1. The quantitative estimate of drug-likeness (QED) is 0.826. The Hall–Kier alpha value is -2.63. The lowest BCUT2D eigenvalue weighted by Crippen LogP contribution is -2.48. The van der Waals surface area contributed by atoms with Crippen LogP contribution in [-0.4, -0.2) is 55.1 Å². The highest BCUT2D eigenvalue weighted by atomic mass is 19.1.